The summed E-state index contributed by atoms with van der Waals surface area (Å²) >= 11 is 0. The number of carbonyl (C=O) groups excluding carboxylic acids is 1. The minimum atomic E-state index is 0.185. The molecule has 1 amide bonds. The second kappa shape index (κ2) is 11.9. The molecular weight excluding hydrogens is 252 g/mol. The maximum absolute atomic E-state index is 12.2. The molecular formula is C15H32N4O. The molecule has 1 N–H and O–H groups in total. The second-order valence-corrected chi connectivity index (χ2v) is 5.61. The van der Waals surface area contributed by atoms with Crippen LogP contribution in [0.25, 0.3) is 0 Å². The van der Waals surface area contributed by atoms with Crippen LogP contribution >= 0.6 is 0 Å². The summed E-state index contributed by atoms with van der Waals surface area (Å²) in [7, 11) is 8.24. The SMILES string of the molecule is C=CCNCC(=O)N(CCCN(C)C)CCCN(C)C. The largest absolute Gasteiger partial charge is 0.341 e. The van der Waals surface area contributed by atoms with Gasteiger partial charge in [-0.05, 0) is 54.1 Å². The molecule has 0 aliphatic carbocycles. The molecule has 0 aromatic carbocycles. The first kappa shape index (κ1) is 19.1. The van der Waals surface area contributed by atoms with E-state index in [9.17, 15) is 4.79 Å². The third-order valence-corrected chi connectivity index (χ3v) is 2.98. The highest BCUT2D eigenvalue weighted by Crippen LogP contribution is 1.97. The Kier molecular flexibility index (Phi) is 11.3. The van der Waals surface area contributed by atoms with Gasteiger partial charge in [0, 0.05) is 19.6 Å². The van der Waals surface area contributed by atoms with Crippen molar-refractivity contribution in [2.24, 2.45) is 0 Å². The quantitative estimate of drug-likeness (QED) is 0.418. The van der Waals surface area contributed by atoms with E-state index in [0.29, 0.717) is 13.1 Å². The van der Waals surface area contributed by atoms with Gasteiger partial charge in [0.25, 0.3) is 0 Å². The average molecular weight is 284 g/mol. The molecule has 0 heterocycles. The summed E-state index contributed by atoms with van der Waals surface area (Å²) in [4.78, 5) is 18.4. The van der Waals surface area contributed by atoms with Crippen LogP contribution in [0.2, 0.25) is 0 Å². The normalized spacial score (nSPS) is 11.1. The lowest BCUT2D eigenvalue weighted by Crippen LogP contribution is -2.40. The van der Waals surface area contributed by atoms with Crippen LogP contribution < -0.4 is 5.32 Å². The lowest BCUT2D eigenvalue weighted by atomic mass is 10.3. The van der Waals surface area contributed by atoms with Gasteiger partial charge >= 0.3 is 0 Å². The fourth-order valence-corrected chi connectivity index (χ4v) is 1.91. The van der Waals surface area contributed by atoms with Crippen molar-refractivity contribution in [2.45, 2.75) is 12.8 Å². The van der Waals surface area contributed by atoms with Gasteiger partial charge in [0.05, 0.1) is 6.54 Å². The molecule has 0 fully saturated rings. The van der Waals surface area contributed by atoms with Crippen LogP contribution in [0, 0.1) is 0 Å². The van der Waals surface area contributed by atoms with E-state index in [2.05, 4.69) is 49.9 Å². The number of hydrogen-bond donors (Lipinski definition) is 1. The highest BCUT2D eigenvalue weighted by Gasteiger charge is 2.12. The highest BCUT2D eigenvalue weighted by atomic mass is 16.2. The zero-order chi connectivity index (χ0) is 15.4. The first-order valence-electron chi connectivity index (χ1n) is 7.36. The number of nitrogens with zero attached hydrogens (tertiary/aromatic N) is 3. The van der Waals surface area contributed by atoms with Gasteiger partial charge in [-0.25, -0.2) is 0 Å². The van der Waals surface area contributed by atoms with E-state index in [1.54, 1.807) is 6.08 Å². The first-order valence-corrected chi connectivity index (χ1v) is 7.36. The van der Waals surface area contributed by atoms with Gasteiger partial charge in [0.15, 0.2) is 0 Å². The topological polar surface area (TPSA) is 38.8 Å². The summed E-state index contributed by atoms with van der Waals surface area (Å²) in [5.74, 6) is 0.185. The van der Waals surface area contributed by atoms with Crippen LogP contribution in [-0.4, -0.2) is 88.1 Å². The molecule has 0 aliphatic rings. The van der Waals surface area contributed by atoms with E-state index in [0.717, 1.165) is 39.0 Å². The molecule has 5 nitrogen and oxygen atoms in total. The number of carbonyl (C=O) groups is 1. The number of nitrogens with one attached hydrogen (secondary N) is 1. The monoisotopic (exact) mass is 284 g/mol. The first-order chi connectivity index (χ1) is 9.47. The van der Waals surface area contributed by atoms with Gasteiger partial charge in [-0.3, -0.25) is 4.79 Å². The molecule has 0 aromatic rings. The van der Waals surface area contributed by atoms with Crippen molar-refractivity contribution in [3.05, 3.63) is 12.7 Å². The Morgan fingerprint density at radius 1 is 1.00 bits per heavy atom. The second-order valence-electron chi connectivity index (χ2n) is 5.61. The zero-order valence-electron chi connectivity index (χ0n) is 13.7. The summed E-state index contributed by atoms with van der Waals surface area (Å²) in [6.07, 6.45) is 3.81. The lowest BCUT2D eigenvalue weighted by Gasteiger charge is -2.24. The van der Waals surface area contributed by atoms with Crippen LogP contribution in [0.15, 0.2) is 12.7 Å². The van der Waals surface area contributed by atoms with Crippen molar-refractivity contribution < 1.29 is 4.79 Å². The standard InChI is InChI=1S/C15H32N4O/c1-6-9-16-14-15(20)19(12-7-10-17(2)3)13-8-11-18(4)5/h6,16H,1,7-14H2,2-5H3. The van der Waals surface area contributed by atoms with Gasteiger partial charge < -0.3 is 20.0 Å². The van der Waals surface area contributed by atoms with Crippen LogP contribution in [0.5, 0.6) is 0 Å². The van der Waals surface area contributed by atoms with Crippen molar-refractivity contribution in [3.8, 4) is 0 Å². The molecule has 0 aromatic heterocycles. The van der Waals surface area contributed by atoms with Gasteiger partial charge in [0.1, 0.15) is 0 Å². The van der Waals surface area contributed by atoms with Crippen molar-refractivity contribution in [2.75, 3.05) is 67.5 Å². The molecule has 0 rings (SSSR count). The van der Waals surface area contributed by atoms with Crippen molar-refractivity contribution >= 4 is 5.91 Å². The molecule has 0 saturated carbocycles. The fraction of sp³-hybridized carbons (Fsp3) is 0.800. The van der Waals surface area contributed by atoms with E-state index in [1.165, 1.54) is 0 Å². The zero-order valence-corrected chi connectivity index (χ0v) is 13.7. The molecule has 0 aliphatic heterocycles. The van der Waals surface area contributed by atoms with E-state index >= 15 is 0 Å². The molecule has 5 heteroatoms. The molecule has 0 bridgehead atoms. The van der Waals surface area contributed by atoms with Crippen LogP contribution in [0.4, 0.5) is 0 Å². The summed E-state index contributed by atoms with van der Waals surface area (Å²) in [5, 5.41) is 3.08. The summed E-state index contributed by atoms with van der Waals surface area (Å²) in [6.45, 7) is 8.41. The van der Waals surface area contributed by atoms with E-state index in [4.69, 9.17) is 0 Å². The smallest absolute Gasteiger partial charge is 0.236 e. The molecule has 0 saturated heterocycles. The minimum Gasteiger partial charge on any atom is -0.341 e. The summed E-state index contributed by atoms with van der Waals surface area (Å²) < 4.78 is 0. The third-order valence-electron chi connectivity index (χ3n) is 2.98. The molecule has 0 spiro atoms. The third kappa shape index (κ3) is 11.0. The Balaban J connectivity index is 4.14. The lowest BCUT2D eigenvalue weighted by molar-refractivity contribution is -0.130. The van der Waals surface area contributed by atoms with Crippen molar-refractivity contribution in [1.29, 1.82) is 0 Å². The minimum absolute atomic E-state index is 0.185. The van der Waals surface area contributed by atoms with E-state index in [-0.39, 0.29) is 5.91 Å². The molecule has 20 heavy (non-hydrogen) atoms. The molecule has 0 radical (unpaired) electrons. The molecule has 0 unspecified atom stereocenters. The Morgan fingerprint density at radius 2 is 1.50 bits per heavy atom. The Hall–Kier alpha value is -0.910. The predicted molar refractivity (Wildman–Crippen MR) is 86.0 cm³/mol. The van der Waals surface area contributed by atoms with Crippen LogP contribution in [0.3, 0.4) is 0 Å². The fourth-order valence-electron chi connectivity index (χ4n) is 1.91. The van der Waals surface area contributed by atoms with Gasteiger partial charge in [0.2, 0.25) is 5.91 Å². The van der Waals surface area contributed by atoms with E-state index in [1.807, 2.05) is 4.90 Å². The van der Waals surface area contributed by atoms with Crippen LogP contribution in [-0.2, 0) is 4.79 Å². The maximum Gasteiger partial charge on any atom is 0.236 e. The van der Waals surface area contributed by atoms with E-state index < -0.39 is 0 Å². The van der Waals surface area contributed by atoms with Crippen molar-refractivity contribution in [1.82, 2.24) is 20.0 Å². The Morgan fingerprint density at radius 3 is 1.90 bits per heavy atom. The molecule has 118 valence electrons. The highest BCUT2D eigenvalue weighted by molar-refractivity contribution is 5.78. The van der Waals surface area contributed by atoms with Crippen LogP contribution in [0.1, 0.15) is 12.8 Å². The molecule has 0 atom stereocenters. The summed E-state index contributed by atoms with van der Waals surface area (Å²) in [5.41, 5.74) is 0. The number of hydrogen-bond acceptors (Lipinski definition) is 4. The van der Waals surface area contributed by atoms with Gasteiger partial charge in [-0.2, -0.15) is 0 Å². The summed E-state index contributed by atoms with van der Waals surface area (Å²) in [6, 6.07) is 0. The van der Waals surface area contributed by atoms with Gasteiger partial charge in [-0.15, -0.1) is 6.58 Å². The average Bonchev–Trinajstić information content (AvgIpc) is 2.36. The number of amides is 1. The van der Waals surface area contributed by atoms with Crippen molar-refractivity contribution in [3.63, 3.8) is 0 Å². The maximum atomic E-state index is 12.2. The number of rotatable bonds is 12. The Bertz CT molecular complexity index is 253. The Labute approximate surface area is 124 Å². The predicted octanol–water partition coefficient (Wildman–Crippen LogP) is 0.494. The van der Waals surface area contributed by atoms with Gasteiger partial charge in [-0.1, -0.05) is 6.08 Å².